The molecule has 0 aliphatic carbocycles. The normalized spacial score (nSPS) is 18.0. The molecule has 0 amide bonds. The van der Waals surface area contributed by atoms with Crippen LogP contribution in [-0.4, -0.2) is 16.4 Å². The van der Waals surface area contributed by atoms with E-state index in [1.807, 2.05) is 18.2 Å². The first-order chi connectivity index (χ1) is 11.8. The largest absolute Gasteiger partial charge is 0.380 e. The zero-order valence-corrected chi connectivity index (χ0v) is 13.4. The van der Waals surface area contributed by atoms with Gasteiger partial charge in [0.25, 0.3) is 0 Å². The number of benzene rings is 2. The van der Waals surface area contributed by atoms with Crippen molar-refractivity contribution in [1.29, 1.82) is 0 Å². The van der Waals surface area contributed by atoms with Gasteiger partial charge in [0.15, 0.2) is 6.23 Å². The molecule has 1 aromatic heterocycles. The molecular weight excluding hydrogens is 305 g/mol. The van der Waals surface area contributed by atoms with Crippen LogP contribution < -0.4 is 5.32 Å². The number of rotatable bonds is 4. The van der Waals surface area contributed by atoms with Crippen molar-refractivity contribution in [3.05, 3.63) is 60.0 Å². The van der Waals surface area contributed by atoms with Crippen LogP contribution in [0.4, 0.5) is 10.1 Å². The molecule has 0 saturated carbocycles. The van der Waals surface area contributed by atoms with Crippen molar-refractivity contribution in [1.82, 2.24) is 9.78 Å². The molecule has 24 heavy (non-hydrogen) atoms. The lowest BCUT2D eigenvalue weighted by molar-refractivity contribution is -0.0369. The number of hydrogen-bond donors (Lipinski definition) is 1. The molecule has 1 atom stereocenters. The van der Waals surface area contributed by atoms with E-state index in [-0.39, 0.29) is 12.0 Å². The van der Waals surface area contributed by atoms with E-state index in [2.05, 4.69) is 22.5 Å². The summed E-state index contributed by atoms with van der Waals surface area (Å²) < 4.78 is 21.9. The van der Waals surface area contributed by atoms with Gasteiger partial charge in [-0.25, -0.2) is 9.07 Å². The van der Waals surface area contributed by atoms with Crippen LogP contribution in [0.5, 0.6) is 0 Å². The van der Waals surface area contributed by atoms with Crippen molar-refractivity contribution >= 4 is 16.6 Å². The standard InChI is InChI=1S/C19H20FN3O/c20-16-9-10-17(21-12-14-6-2-1-3-7-14)15-13-22-23(19(15)16)18-8-4-5-11-24-18/h1-3,6-7,9-10,13,18,21H,4-5,8,11-12H2. The number of hydrogen-bond acceptors (Lipinski definition) is 3. The van der Waals surface area contributed by atoms with Crippen LogP contribution in [0.3, 0.4) is 0 Å². The zero-order chi connectivity index (χ0) is 16.4. The number of fused-ring (bicyclic) bond motifs is 1. The second kappa shape index (κ2) is 6.61. The van der Waals surface area contributed by atoms with E-state index in [4.69, 9.17) is 4.74 Å². The van der Waals surface area contributed by atoms with Gasteiger partial charge in [-0.2, -0.15) is 5.10 Å². The zero-order valence-electron chi connectivity index (χ0n) is 13.4. The fourth-order valence-corrected chi connectivity index (χ4v) is 3.20. The Bertz CT molecular complexity index is 825. The van der Waals surface area contributed by atoms with E-state index >= 15 is 0 Å². The summed E-state index contributed by atoms with van der Waals surface area (Å²) in [5.41, 5.74) is 2.58. The Balaban J connectivity index is 1.65. The SMILES string of the molecule is Fc1ccc(NCc2ccccc2)c2cnn(C3CCCCO3)c12. The summed E-state index contributed by atoms with van der Waals surface area (Å²) in [5, 5.41) is 8.59. The van der Waals surface area contributed by atoms with Crippen molar-refractivity contribution < 1.29 is 9.13 Å². The predicted molar refractivity (Wildman–Crippen MR) is 92.3 cm³/mol. The minimum atomic E-state index is -0.262. The summed E-state index contributed by atoms with van der Waals surface area (Å²) >= 11 is 0. The summed E-state index contributed by atoms with van der Waals surface area (Å²) in [7, 11) is 0. The number of aromatic nitrogens is 2. The van der Waals surface area contributed by atoms with Crippen molar-refractivity contribution in [3.8, 4) is 0 Å². The number of halogens is 1. The molecule has 2 heterocycles. The number of anilines is 1. The minimum Gasteiger partial charge on any atom is -0.380 e. The average Bonchev–Trinajstić information content (AvgIpc) is 3.09. The monoisotopic (exact) mass is 325 g/mol. The van der Waals surface area contributed by atoms with Crippen molar-refractivity contribution in [2.24, 2.45) is 0 Å². The fourth-order valence-electron chi connectivity index (χ4n) is 3.20. The number of ether oxygens (including phenoxy) is 1. The maximum Gasteiger partial charge on any atom is 0.150 e. The summed E-state index contributed by atoms with van der Waals surface area (Å²) in [5.74, 6) is -0.262. The highest BCUT2D eigenvalue weighted by molar-refractivity contribution is 5.91. The quantitative estimate of drug-likeness (QED) is 0.768. The fraction of sp³-hybridized carbons (Fsp3) is 0.316. The van der Waals surface area contributed by atoms with Crippen molar-refractivity contribution in [2.45, 2.75) is 32.0 Å². The lowest BCUT2D eigenvalue weighted by Gasteiger charge is -2.23. The van der Waals surface area contributed by atoms with E-state index in [1.165, 1.54) is 11.6 Å². The summed E-state index contributed by atoms with van der Waals surface area (Å²) in [6.07, 6.45) is 4.57. The third kappa shape index (κ3) is 2.87. The van der Waals surface area contributed by atoms with E-state index in [9.17, 15) is 4.39 Å². The van der Waals surface area contributed by atoms with Gasteiger partial charge in [0.1, 0.15) is 11.3 Å². The van der Waals surface area contributed by atoms with Crippen LogP contribution in [0.1, 0.15) is 31.1 Å². The minimum absolute atomic E-state index is 0.171. The molecule has 4 rings (SSSR count). The number of nitrogens with zero attached hydrogens (tertiary/aromatic N) is 2. The molecule has 1 aliphatic rings. The van der Waals surface area contributed by atoms with Gasteiger partial charge in [0.2, 0.25) is 0 Å². The lowest BCUT2D eigenvalue weighted by atomic mass is 10.1. The predicted octanol–water partition coefficient (Wildman–Crippen LogP) is 4.49. The molecule has 1 fully saturated rings. The Labute approximate surface area is 140 Å². The molecule has 124 valence electrons. The van der Waals surface area contributed by atoms with Gasteiger partial charge >= 0.3 is 0 Å². The molecule has 0 radical (unpaired) electrons. The number of nitrogens with one attached hydrogen (secondary N) is 1. The van der Waals surface area contributed by atoms with Crippen LogP contribution in [0, 0.1) is 5.82 Å². The van der Waals surface area contributed by atoms with Crippen LogP contribution in [0.2, 0.25) is 0 Å². The Morgan fingerprint density at radius 1 is 1.17 bits per heavy atom. The summed E-state index contributed by atoms with van der Waals surface area (Å²) in [4.78, 5) is 0. The summed E-state index contributed by atoms with van der Waals surface area (Å²) in [6, 6.07) is 13.4. The van der Waals surface area contributed by atoms with Crippen LogP contribution >= 0.6 is 0 Å². The van der Waals surface area contributed by atoms with Gasteiger partial charge in [0.05, 0.1) is 6.20 Å². The van der Waals surface area contributed by atoms with Gasteiger partial charge < -0.3 is 10.1 Å². The molecule has 5 heteroatoms. The van der Waals surface area contributed by atoms with E-state index in [0.29, 0.717) is 18.7 Å². The molecule has 2 aromatic carbocycles. The highest BCUT2D eigenvalue weighted by Gasteiger charge is 2.21. The highest BCUT2D eigenvalue weighted by Crippen LogP contribution is 2.31. The Kier molecular flexibility index (Phi) is 4.17. The Morgan fingerprint density at radius 2 is 2.04 bits per heavy atom. The first kappa shape index (κ1) is 15.1. The maximum absolute atomic E-state index is 14.4. The smallest absolute Gasteiger partial charge is 0.150 e. The Morgan fingerprint density at radius 3 is 2.83 bits per heavy atom. The van der Waals surface area contributed by atoms with E-state index < -0.39 is 0 Å². The second-order valence-corrected chi connectivity index (χ2v) is 6.11. The molecule has 1 unspecified atom stereocenters. The lowest BCUT2D eigenvalue weighted by Crippen LogP contribution is -2.19. The van der Waals surface area contributed by atoms with Crippen molar-refractivity contribution in [3.63, 3.8) is 0 Å². The third-order valence-electron chi connectivity index (χ3n) is 4.46. The first-order valence-corrected chi connectivity index (χ1v) is 8.38. The van der Waals surface area contributed by atoms with Gasteiger partial charge in [-0.15, -0.1) is 0 Å². The molecule has 1 N–H and O–H groups in total. The Hall–Kier alpha value is -2.40. The molecule has 4 nitrogen and oxygen atoms in total. The topological polar surface area (TPSA) is 39.1 Å². The summed E-state index contributed by atoms with van der Waals surface area (Å²) in [6.45, 7) is 1.40. The van der Waals surface area contributed by atoms with Crippen molar-refractivity contribution in [2.75, 3.05) is 11.9 Å². The maximum atomic E-state index is 14.4. The average molecular weight is 325 g/mol. The molecule has 1 aliphatic heterocycles. The van der Waals surface area contributed by atoms with Crippen LogP contribution in [0.15, 0.2) is 48.7 Å². The van der Waals surface area contributed by atoms with Gasteiger partial charge in [-0.3, -0.25) is 0 Å². The van der Waals surface area contributed by atoms with Crippen LogP contribution in [-0.2, 0) is 11.3 Å². The molecule has 3 aromatic rings. The molecular formula is C19H20FN3O. The highest BCUT2D eigenvalue weighted by atomic mass is 19.1. The van der Waals surface area contributed by atoms with E-state index in [1.54, 1.807) is 16.9 Å². The first-order valence-electron chi connectivity index (χ1n) is 8.38. The van der Waals surface area contributed by atoms with Gasteiger partial charge in [0, 0.05) is 24.2 Å². The third-order valence-corrected chi connectivity index (χ3v) is 4.46. The van der Waals surface area contributed by atoms with Crippen LogP contribution in [0.25, 0.3) is 10.9 Å². The second-order valence-electron chi connectivity index (χ2n) is 6.11. The van der Waals surface area contributed by atoms with Gasteiger partial charge in [-0.05, 0) is 37.0 Å². The van der Waals surface area contributed by atoms with Gasteiger partial charge in [-0.1, -0.05) is 30.3 Å². The molecule has 1 saturated heterocycles. The molecule has 0 bridgehead atoms. The molecule has 0 spiro atoms. The van der Waals surface area contributed by atoms with E-state index in [0.717, 1.165) is 30.3 Å².